The summed E-state index contributed by atoms with van der Waals surface area (Å²) in [6.07, 6.45) is 0. The number of aryl methyl sites for hydroxylation is 1. The van der Waals surface area contributed by atoms with Crippen LogP contribution in [0.2, 0.25) is 0 Å². The average Bonchev–Trinajstić information content (AvgIpc) is 2.53. The van der Waals surface area contributed by atoms with Gasteiger partial charge in [0.05, 0.1) is 22.2 Å². The Morgan fingerprint density at radius 3 is 2.62 bits per heavy atom. The van der Waals surface area contributed by atoms with Crippen molar-refractivity contribution in [3.63, 3.8) is 0 Å². The van der Waals surface area contributed by atoms with Crippen LogP contribution in [0.1, 0.15) is 16.7 Å². The molecule has 0 bridgehead atoms. The van der Waals surface area contributed by atoms with Gasteiger partial charge in [-0.05, 0) is 42.3 Å². The first-order valence-electron chi connectivity index (χ1n) is 6.74. The van der Waals surface area contributed by atoms with Crippen molar-refractivity contribution >= 4 is 22.7 Å². The molecule has 1 aromatic heterocycles. The number of para-hydroxylation sites is 1. The zero-order valence-corrected chi connectivity index (χ0v) is 12.5. The summed E-state index contributed by atoms with van der Waals surface area (Å²) in [4.78, 5) is 4.70. The second kappa shape index (κ2) is 5.99. The number of nitrogens with zero attached hydrogens (tertiary/aromatic N) is 2. The lowest BCUT2D eigenvalue weighted by molar-refractivity contribution is 1.16. The van der Waals surface area contributed by atoms with Crippen LogP contribution in [0.25, 0.3) is 10.9 Å². The second-order valence-corrected chi connectivity index (χ2v) is 5.89. The Labute approximate surface area is 128 Å². The normalized spacial score (nSPS) is 10.5. The molecule has 0 radical (unpaired) electrons. The number of nitriles is 1. The molecule has 0 N–H and O–H groups in total. The van der Waals surface area contributed by atoms with Crippen molar-refractivity contribution in [2.24, 2.45) is 0 Å². The quantitative estimate of drug-likeness (QED) is 0.656. The highest BCUT2D eigenvalue weighted by Gasteiger charge is 2.03. The molecular formula is C18H14N2S. The maximum atomic E-state index is 8.80. The lowest BCUT2D eigenvalue weighted by Crippen LogP contribution is -1.88. The first-order chi connectivity index (χ1) is 10.3. The van der Waals surface area contributed by atoms with E-state index in [4.69, 9.17) is 10.2 Å². The van der Waals surface area contributed by atoms with Crippen molar-refractivity contribution in [3.8, 4) is 6.07 Å². The van der Waals surface area contributed by atoms with Crippen molar-refractivity contribution in [2.45, 2.75) is 17.7 Å². The van der Waals surface area contributed by atoms with Gasteiger partial charge in [0.2, 0.25) is 0 Å². The second-order valence-electron chi connectivity index (χ2n) is 4.89. The molecule has 102 valence electrons. The van der Waals surface area contributed by atoms with E-state index in [2.05, 4.69) is 25.1 Å². The molecule has 2 aromatic carbocycles. The van der Waals surface area contributed by atoms with Crippen LogP contribution in [0.4, 0.5) is 0 Å². The Bertz CT molecular complexity index is 817. The van der Waals surface area contributed by atoms with Crippen LogP contribution in [0.3, 0.4) is 0 Å². The van der Waals surface area contributed by atoms with Crippen LogP contribution < -0.4 is 0 Å². The summed E-state index contributed by atoms with van der Waals surface area (Å²) >= 11 is 1.72. The summed E-state index contributed by atoms with van der Waals surface area (Å²) in [5.74, 6) is 0.858. The lowest BCUT2D eigenvalue weighted by atomic mass is 10.1. The van der Waals surface area contributed by atoms with Gasteiger partial charge in [0.1, 0.15) is 0 Å². The summed E-state index contributed by atoms with van der Waals surface area (Å²) in [6, 6.07) is 20.2. The van der Waals surface area contributed by atoms with Crippen LogP contribution in [0.15, 0.2) is 59.6 Å². The molecule has 0 atom stereocenters. The van der Waals surface area contributed by atoms with Gasteiger partial charge in [0.25, 0.3) is 0 Å². The van der Waals surface area contributed by atoms with E-state index >= 15 is 0 Å². The van der Waals surface area contributed by atoms with Gasteiger partial charge in [0.15, 0.2) is 0 Å². The van der Waals surface area contributed by atoms with Crippen LogP contribution >= 0.6 is 11.8 Å². The van der Waals surface area contributed by atoms with E-state index < -0.39 is 0 Å². The molecule has 0 aliphatic carbocycles. The number of pyridine rings is 1. The lowest BCUT2D eigenvalue weighted by Gasteiger charge is -2.06. The predicted octanol–water partition coefficient (Wildman–Crippen LogP) is 4.71. The molecule has 0 aliphatic heterocycles. The third kappa shape index (κ3) is 3.07. The van der Waals surface area contributed by atoms with E-state index in [0.717, 1.165) is 16.3 Å². The first-order valence-corrected chi connectivity index (χ1v) is 7.73. The molecule has 3 aromatic rings. The van der Waals surface area contributed by atoms with E-state index in [1.165, 1.54) is 16.5 Å². The molecule has 0 aliphatic rings. The Kier molecular flexibility index (Phi) is 3.89. The monoisotopic (exact) mass is 290 g/mol. The molecule has 1 heterocycles. The fourth-order valence-corrected chi connectivity index (χ4v) is 3.16. The van der Waals surface area contributed by atoms with Crippen molar-refractivity contribution in [2.75, 3.05) is 0 Å². The van der Waals surface area contributed by atoms with Crippen molar-refractivity contribution < 1.29 is 0 Å². The summed E-state index contributed by atoms with van der Waals surface area (Å²) in [5.41, 5.74) is 4.19. The first kappa shape index (κ1) is 13.7. The SMILES string of the molecule is Cc1cc(SCc2ccc(C#N)cc2)nc2ccccc12. The fourth-order valence-electron chi connectivity index (χ4n) is 2.23. The van der Waals surface area contributed by atoms with E-state index in [1.54, 1.807) is 11.8 Å². The summed E-state index contributed by atoms with van der Waals surface area (Å²) in [6.45, 7) is 2.12. The van der Waals surface area contributed by atoms with Crippen LogP contribution in [-0.2, 0) is 5.75 Å². The minimum Gasteiger partial charge on any atom is -0.241 e. The average molecular weight is 290 g/mol. The predicted molar refractivity (Wildman–Crippen MR) is 87.2 cm³/mol. The van der Waals surface area contributed by atoms with E-state index in [9.17, 15) is 0 Å². The molecular weight excluding hydrogens is 276 g/mol. The number of thioether (sulfide) groups is 1. The minimum atomic E-state index is 0.698. The third-order valence-corrected chi connectivity index (χ3v) is 4.35. The molecule has 0 unspecified atom stereocenters. The molecule has 3 rings (SSSR count). The molecule has 3 heteroatoms. The summed E-state index contributed by atoms with van der Waals surface area (Å²) in [7, 11) is 0. The standard InChI is InChI=1S/C18H14N2S/c1-13-10-18(20-17-5-3-2-4-16(13)17)21-12-15-8-6-14(11-19)7-9-15/h2-10H,12H2,1H3. The smallest absolute Gasteiger partial charge is 0.0991 e. The summed E-state index contributed by atoms with van der Waals surface area (Å²) < 4.78 is 0. The molecule has 21 heavy (non-hydrogen) atoms. The largest absolute Gasteiger partial charge is 0.241 e. The van der Waals surface area contributed by atoms with Gasteiger partial charge in [-0.1, -0.05) is 30.3 Å². The van der Waals surface area contributed by atoms with Gasteiger partial charge in [-0.2, -0.15) is 5.26 Å². The number of hydrogen-bond acceptors (Lipinski definition) is 3. The van der Waals surface area contributed by atoms with Crippen LogP contribution in [0.5, 0.6) is 0 Å². The third-order valence-electron chi connectivity index (χ3n) is 3.37. The van der Waals surface area contributed by atoms with Crippen LogP contribution in [0, 0.1) is 18.3 Å². The highest BCUT2D eigenvalue weighted by atomic mass is 32.2. The maximum absolute atomic E-state index is 8.80. The maximum Gasteiger partial charge on any atom is 0.0991 e. The van der Waals surface area contributed by atoms with Gasteiger partial charge >= 0.3 is 0 Å². The van der Waals surface area contributed by atoms with Gasteiger partial charge in [-0.25, -0.2) is 4.98 Å². The summed E-state index contributed by atoms with van der Waals surface area (Å²) in [5, 5.41) is 11.0. The zero-order valence-electron chi connectivity index (χ0n) is 11.7. The van der Waals surface area contributed by atoms with Gasteiger partial charge < -0.3 is 0 Å². The zero-order chi connectivity index (χ0) is 14.7. The number of rotatable bonds is 3. The van der Waals surface area contributed by atoms with Crippen molar-refractivity contribution in [1.82, 2.24) is 4.98 Å². The van der Waals surface area contributed by atoms with Gasteiger partial charge in [-0.3, -0.25) is 0 Å². The highest BCUT2D eigenvalue weighted by Crippen LogP contribution is 2.26. The van der Waals surface area contributed by atoms with Crippen molar-refractivity contribution in [3.05, 3.63) is 71.3 Å². The van der Waals surface area contributed by atoms with Gasteiger partial charge in [-0.15, -0.1) is 11.8 Å². The van der Waals surface area contributed by atoms with E-state index in [1.807, 2.05) is 42.5 Å². The number of aromatic nitrogens is 1. The van der Waals surface area contributed by atoms with E-state index in [0.29, 0.717) is 5.56 Å². The Hall–Kier alpha value is -2.31. The molecule has 2 nitrogen and oxygen atoms in total. The number of benzene rings is 2. The molecule has 0 saturated heterocycles. The number of fused-ring (bicyclic) bond motifs is 1. The molecule has 0 saturated carbocycles. The molecule has 0 spiro atoms. The number of hydrogen-bond donors (Lipinski definition) is 0. The highest BCUT2D eigenvalue weighted by molar-refractivity contribution is 7.98. The topological polar surface area (TPSA) is 36.7 Å². The minimum absolute atomic E-state index is 0.698. The Morgan fingerprint density at radius 2 is 1.86 bits per heavy atom. The molecule has 0 amide bonds. The van der Waals surface area contributed by atoms with Gasteiger partial charge in [0, 0.05) is 11.1 Å². The Morgan fingerprint density at radius 1 is 1.10 bits per heavy atom. The molecule has 0 fully saturated rings. The Balaban J connectivity index is 1.80. The van der Waals surface area contributed by atoms with Crippen molar-refractivity contribution in [1.29, 1.82) is 5.26 Å². The fraction of sp³-hybridized carbons (Fsp3) is 0.111. The van der Waals surface area contributed by atoms with E-state index in [-0.39, 0.29) is 0 Å². The van der Waals surface area contributed by atoms with Crippen LogP contribution in [-0.4, -0.2) is 4.98 Å².